The van der Waals surface area contributed by atoms with Crippen molar-refractivity contribution < 1.29 is 23.8 Å². The Morgan fingerprint density at radius 2 is 2.00 bits per heavy atom. The molecule has 2 N–H and O–H groups in total. The number of carbonyl (C=O) groups excluding carboxylic acids is 2. The number of likely N-dealkylation sites (N-methyl/N-ethyl adjacent to an activating group) is 1. The molecule has 220 valence electrons. The zero-order valence-corrected chi connectivity index (χ0v) is 23.7. The molecule has 0 bridgehead atoms. The van der Waals surface area contributed by atoms with Crippen LogP contribution in [0, 0.1) is 11.3 Å². The zero-order valence-electron chi connectivity index (χ0n) is 23.7. The Hall–Kier alpha value is -4.90. The van der Waals surface area contributed by atoms with Gasteiger partial charge in [-0.2, -0.15) is 5.26 Å². The fourth-order valence-corrected chi connectivity index (χ4v) is 5.38. The van der Waals surface area contributed by atoms with Gasteiger partial charge in [0.1, 0.15) is 31.5 Å². The van der Waals surface area contributed by atoms with Crippen LogP contribution in [0.2, 0.25) is 0 Å². The van der Waals surface area contributed by atoms with Crippen LogP contribution in [0.5, 0.6) is 5.75 Å². The summed E-state index contributed by atoms with van der Waals surface area (Å²) in [7, 11) is 3.05. The first kappa shape index (κ1) is 28.2. The van der Waals surface area contributed by atoms with Crippen molar-refractivity contribution >= 4 is 28.2 Å². The number of aromatic amines is 1. The normalized spacial score (nSPS) is 18.3. The number of hydrogen-bond acceptors (Lipinski definition) is 10. The van der Waals surface area contributed by atoms with Crippen LogP contribution in [-0.4, -0.2) is 87.5 Å². The number of ketones is 1. The fraction of sp³-hybridized carbons (Fsp3) is 0.333. The Bertz CT molecular complexity index is 1730. The maximum absolute atomic E-state index is 13.7. The number of rotatable bonds is 10. The Morgan fingerprint density at radius 3 is 2.72 bits per heavy atom. The van der Waals surface area contributed by atoms with Crippen LogP contribution >= 0.6 is 0 Å². The molecule has 2 aliphatic rings. The highest BCUT2D eigenvalue weighted by Crippen LogP contribution is 2.38. The highest BCUT2D eigenvalue weighted by molar-refractivity contribution is 6.13. The number of Topliss-reactive ketones (excluding diaryl/α,β-unsaturated/α-hetero) is 1. The molecule has 13 heteroatoms. The molecule has 2 fully saturated rings. The van der Waals surface area contributed by atoms with Gasteiger partial charge < -0.3 is 24.5 Å². The number of hydrogen-bond donors (Lipinski definition) is 2. The number of amides is 1. The number of likely N-dealkylation sites (tertiary alicyclic amines) is 1. The minimum Gasteiger partial charge on any atom is -0.494 e. The minimum atomic E-state index is -0.606. The SMILES string of the molecule is CNC(=O)COCc1ncn(-c2ncc(OC)c3c(C(=O)C4OC4N4CCC(=C(C#N)c5ccccc5)CC4)c[nH]c23)n1. The molecule has 13 nitrogen and oxygen atoms in total. The van der Waals surface area contributed by atoms with Crippen molar-refractivity contribution in [3.05, 3.63) is 71.6 Å². The summed E-state index contributed by atoms with van der Waals surface area (Å²) in [6, 6.07) is 12.1. The third-order valence-corrected chi connectivity index (χ3v) is 7.66. The first-order valence-electron chi connectivity index (χ1n) is 13.9. The highest BCUT2D eigenvalue weighted by atomic mass is 16.6. The smallest absolute Gasteiger partial charge is 0.245 e. The van der Waals surface area contributed by atoms with E-state index < -0.39 is 6.10 Å². The first-order chi connectivity index (χ1) is 21.0. The van der Waals surface area contributed by atoms with E-state index in [0.717, 1.165) is 29.6 Å². The van der Waals surface area contributed by atoms with Crippen molar-refractivity contribution in [1.29, 1.82) is 5.26 Å². The first-order valence-corrected chi connectivity index (χ1v) is 13.9. The van der Waals surface area contributed by atoms with Crippen molar-refractivity contribution in [2.45, 2.75) is 31.8 Å². The van der Waals surface area contributed by atoms with Crippen LogP contribution in [0.25, 0.3) is 22.3 Å². The van der Waals surface area contributed by atoms with E-state index in [9.17, 15) is 14.9 Å². The van der Waals surface area contributed by atoms with E-state index in [2.05, 4.69) is 36.3 Å². The molecule has 2 saturated heterocycles. The molecule has 5 heterocycles. The Labute approximate surface area is 247 Å². The van der Waals surface area contributed by atoms with Gasteiger partial charge in [0, 0.05) is 31.9 Å². The number of carbonyl (C=O) groups is 2. The number of allylic oxidation sites excluding steroid dienone is 1. The van der Waals surface area contributed by atoms with Gasteiger partial charge in [0.2, 0.25) is 5.91 Å². The number of aromatic nitrogens is 5. The van der Waals surface area contributed by atoms with Crippen molar-refractivity contribution in [3.8, 4) is 17.6 Å². The number of nitrogens with zero attached hydrogens (tertiary/aromatic N) is 6. The van der Waals surface area contributed by atoms with Crippen molar-refractivity contribution in [2.75, 3.05) is 33.9 Å². The molecule has 1 aromatic carbocycles. The largest absolute Gasteiger partial charge is 0.494 e. The molecule has 2 aliphatic heterocycles. The topological polar surface area (TPSA) is 164 Å². The van der Waals surface area contributed by atoms with Crippen LogP contribution in [-0.2, 0) is 20.9 Å². The lowest BCUT2D eigenvalue weighted by Crippen LogP contribution is -2.35. The lowest BCUT2D eigenvalue weighted by Gasteiger charge is -2.27. The molecule has 43 heavy (non-hydrogen) atoms. The molecule has 1 amide bonds. The molecular weight excluding hydrogens is 552 g/mol. The van der Waals surface area contributed by atoms with E-state index in [1.165, 1.54) is 31.4 Å². The number of epoxide rings is 1. The van der Waals surface area contributed by atoms with Gasteiger partial charge in [-0.15, -0.1) is 5.10 Å². The molecular formula is C30H30N8O5. The molecule has 4 aromatic rings. The van der Waals surface area contributed by atoms with Gasteiger partial charge >= 0.3 is 0 Å². The van der Waals surface area contributed by atoms with Gasteiger partial charge in [-0.05, 0) is 24.0 Å². The molecule has 0 saturated carbocycles. The lowest BCUT2D eigenvalue weighted by atomic mass is 9.94. The number of methoxy groups -OCH3 is 1. The number of piperidine rings is 1. The van der Waals surface area contributed by atoms with Gasteiger partial charge in [0.15, 0.2) is 23.5 Å². The molecule has 2 unspecified atom stereocenters. The van der Waals surface area contributed by atoms with E-state index in [4.69, 9.17) is 14.2 Å². The second-order valence-corrected chi connectivity index (χ2v) is 10.2. The predicted molar refractivity (Wildman–Crippen MR) is 154 cm³/mol. The van der Waals surface area contributed by atoms with Gasteiger partial charge in [-0.1, -0.05) is 30.3 Å². The van der Waals surface area contributed by atoms with Gasteiger partial charge in [0.25, 0.3) is 0 Å². The molecule has 0 aliphatic carbocycles. The zero-order chi connectivity index (χ0) is 29.9. The Balaban J connectivity index is 1.16. The van der Waals surface area contributed by atoms with Crippen LogP contribution in [0.3, 0.4) is 0 Å². The summed E-state index contributed by atoms with van der Waals surface area (Å²) in [6.45, 7) is 1.35. The van der Waals surface area contributed by atoms with Crippen LogP contribution < -0.4 is 10.1 Å². The quantitative estimate of drug-likeness (QED) is 0.161. The molecule has 2 atom stereocenters. The third kappa shape index (κ3) is 5.63. The number of nitrogens with one attached hydrogen (secondary N) is 2. The number of fused-ring (bicyclic) bond motifs is 1. The van der Waals surface area contributed by atoms with E-state index in [-0.39, 0.29) is 31.1 Å². The average Bonchev–Trinajstić information content (AvgIpc) is 3.49. The standard InChI is InChI=1S/C30H30N8O5/c1-32-24(39)16-42-15-23-35-17-38(36-23)29-26-25(22(41-2)14-34-29)21(13-33-26)27(40)28-30(43-28)37-10-8-19(9-11-37)20(12-31)18-6-4-3-5-7-18/h3-7,13-14,17,28,30,33H,8-11,15-16H2,1-2H3,(H,32,39). The van der Waals surface area contributed by atoms with Crippen molar-refractivity contribution in [2.24, 2.45) is 0 Å². The highest BCUT2D eigenvalue weighted by Gasteiger charge is 2.50. The van der Waals surface area contributed by atoms with Crippen LogP contribution in [0.4, 0.5) is 0 Å². The summed E-state index contributed by atoms with van der Waals surface area (Å²) in [4.78, 5) is 39.1. The summed E-state index contributed by atoms with van der Waals surface area (Å²) in [5, 5.41) is 17.3. The third-order valence-electron chi connectivity index (χ3n) is 7.66. The van der Waals surface area contributed by atoms with Gasteiger partial charge in [-0.3, -0.25) is 14.5 Å². The van der Waals surface area contributed by atoms with E-state index in [1.54, 1.807) is 6.20 Å². The molecule has 3 aromatic heterocycles. The maximum atomic E-state index is 13.7. The van der Waals surface area contributed by atoms with Crippen LogP contribution in [0.1, 0.15) is 34.6 Å². The number of ether oxygens (including phenoxy) is 3. The maximum Gasteiger partial charge on any atom is 0.245 e. The van der Waals surface area contributed by atoms with Crippen molar-refractivity contribution in [1.82, 2.24) is 34.9 Å². The molecule has 0 radical (unpaired) electrons. The molecule has 6 rings (SSSR count). The van der Waals surface area contributed by atoms with Gasteiger partial charge in [-0.25, -0.2) is 14.6 Å². The summed E-state index contributed by atoms with van der Waals surface area (Å²) < 4.78 is 18.3. The summed E-state index contributed by atoms with van der Waals surface area (Å²) in [6.07, 6.45) is 5.22. The second kappa shape index (κ2) is 12.1. The molecule has 0 spiro atoms. The van der Waals surface area contributed by atoms with E-state index >= 15 is 0 Å². The minimum absolute atomic E-state index is 0.0481. The summed E-state index contributed by atoms with van der Waals surface area (Å²) >= 11 is 0. The monoisotopic (exact) mass is 582 g/mol. The average molecular weight is 583 g/mol. The number of nitriles is 1. The summed E-state index contributed by atoms with van der Waals surface area (Å²) in [5.74, 6) is 0.832. The van der Waals surface area contributed by atoms with E-state index in [1.807, 2.05) is 30.3 Å². The van der Waals surface area contributed by atoms with E-state index in [0.29, 0.717) is 46.9 Å². The fourth-order valence-electron chi connectivity index (χ4n) is 5.38. The Morgan fingerprint density at radius 1 is 1.21 bits per heavy atom. The number of pyridine rings is 1. The van der Waals surface area contributed by atoms with Crippen LogP contribution in [0.15, 0.2) is 54.6 Å². The van der Waals surface area contributed by atoms with Crippen molar-refractivity contribution in [3.63, 3.8) is 0 Å². The second-order valence-electron chi connectivity index (χ2n) is 10.2. The lowest BCUT2D eigenvalue weighted by molar-refractivity contribution is -0.125. The van der Waals surface area contributed by atoms with Gasteiger partial charge in [0.05, 0.1) is 35.9 Å². The Kier molecular flexibility index (Phi) is 7.97. The number of H-pyrrole nitrogens is 1. The summed E-state index contributed by atoms with van der Waals surface area (Å²) in [5.41, 5.74) is 3.79. The number of benzene rings is 1. The predicted octanol–water partition coefficient (Wildman–Crippen LogP) is 2.40.